The van der Waals surface area contributed by atoms with Crippen LogP contribution in [0.25, 0.3) is 0 Å². The van der Waals surface area contributed by atoms with E-state index in [1.165, 1.54) is 0 Å². The molecule has 0 heterocycles. The summed E-state index contributed by atoms with van der Waals surface area (Å²) in [6, 6.07) is 0. The van der Waals surface area contributed by atoms with E-state index in [2.05, 4.69) is 0 Å². The SMILES string of the molecule is CCCCC(F)C(F)(F)C(F)(F)C(F)(F)C(F)(F)C(F)(F)C(F)(F)C(F)(F)C(F)(F)C(F)(F)C(F)(F)C(F)(F)F. The number of halogens is 24. The molecule has 40 heavy (non-hydrogen) atoms. The summed E-state index contributed by atoms with van der Waals surface area (Å²) in [7, 11) is 0. The van der Waals surface area contributed by atoms with Crippen LogP contribution in [-0.2, 0) is 0 Å². The molecule has 0 spiro atoms. The van der Waals surface area contributed by atoms with Crippen molar-refractivity contribution >= 4 is 0 Å². The van der Waals surface area contributed by atoms with Gasteiger partial charge in [0.15, 0.2) is 6.17 Å². The molecule has 0 radical (unpaired) electrons. The van der Waals surface area contributed by atoms with Gasteiger partial charge in [0.1, 0.15) is 0 Å². The van der Waals surface area contributed by atoms with Gasteiger partial charge < -0.3 is 0 Å². The molecule has 0 aliphatic carbocycles. The molecule has 1 unspecified atom stereocenters. The zero-order valence-electron chi connectivity index (χ0n) is 18.3. The van der Waals surface area contributed by atoms with Crippen LogP contribution in [-0.4, -0.2) is 71.6 Å². The molecule has 0 aliphatic rings. The molecule has 0 aromatic rings. The van der Waals surface area contributed by atoms with Gasteiger partial charge in [-0.15, -0.1) is 0 Å². The third-order valence-corrected chi connectivity index (χ3v) is 5.13. The monoisotopic (exact) mass is 658 g/mol. The molecular formula is C16H10F24. The second-order valence-electron chi connectivity index (χ2n) is 7.90. The van der Waals surface area contributed by atoms with Crippen molar-refractivity contribution in [3.8, 4) is 0 Å². The topological polar surface area (TPSA) is 0 Å². The van der Waals surface area contributed by atoms with E-state index < -0.39 is 90.8 Å². The molecule has 0 saturated heterocycles. The van der Waals surface area contributed by atoms with Gasteiger partial charge in [0.25, 0.3) is 0 Å². The van der Waals surface area contributed by atoms with Crippen LogP contribution in [0.4, 0.5) is 105 Å². The van der Waals surface area contributed by atoms with Crippen LogP contribution in [0.1, 0.15) is 26.2 Å². The minimum Gasteiger partial charge on any atom is -0.241 e. The number of alkyl halides is 24. The van der Waals surface area contributed by atoms with Gasteiger partial charge in [0.05, 0.1) is 0 Å². The molecule has 0 aromatic carbocycles. The van der Waals surface area contributed by atoms with E-state index in [0.29, 0.717) is 0 Å². The Morgan fingerprint density at radius 1 is 0.375 bits per heavy atom. The first-order chi connectivity index (χ1) is 17.0. The second-order valence-corrected chi connectivity index (χ2v) is 7.90. The van der Waals surface area contributed by atoms with Crippen molar-refractivity contribution in [1.82, 2.24) is 0 Å². The lowest BCUT2D eigenvalue weighted by Gasteiger charge is -2.45. The van der Waals surface area contributed by atoms with Crippen LogP contribution in [0.5, 0.6) is 0 Å². The minimum atomic E-state index is -9.45. The van der Waals surface area contributed by atoms with Crippen molar-refractivity contribution in [3.63, 3.8) is 0 Å². The molecule has 0 rings (SSSR count). The predicted octanol–water partition coefficient (Wildman–Crippen LogP) is 9.43. The molecule has 0 bridgehead atoms. The van der Waals surface area contributed by atoms with E-state index >= 15 is 0 Å². The van der Waals surface area contributed by atoms with E-state index in [1.807, 2.05) is 0 Å². The molecule has 0 saturated carbocycles. The van der Waals surface area contributed by atoms with E-state index in [-0.39, 0.29) is 0 Å². The fourth-order valence-corrected chi connectivity index (χ4v) is 2.53. The molecular weight excluding hydrogens is 648 g/mol. The first-order valence-electron chi connectivity index (χ1n) is 9.47. The summed E-state index contributed by atoms with van der Waals surface area (Å²) >= 11 is 0. The highest BCUT2D eigenvalue weighted by Crippen LogP contribution is 2.67. The Labute approximate surface area is 204 Å². The Morgan fingerprint density at radius 3 is 0.825 bits per heavy atom. The lowest BCUT2D eigenvalue weighted by atomic mass is 9.84. The smallest absolute Gasteiger partial charge is 0.241 e. The van der Waals surface area contributed by atoms with Gasteiger partial charge in [-0.3, -0.25) is 0 Å². The van der Waals surface area contributed by atoms with Crippen molar-refractivity contribution in [2.75, 3.05) is 0 Å². The molecule has 0 aliphatic heterocycles. The second kappa shape index (κ2) is 9.96. The van der Waals surface area contributed by atoms with Crippen molar-refractivity contribution < 1.29 is 105 Å². The molecule has 0 amide bonds. The fraction of sp³-hybridized carbons (Fsp3) is 1.00. The maximum Gasteiger partial charge on any atom is 0.460 e. The van der Waals surface area contributed by atoms with Gasteiger partial charge in [-0.1, -0.05) is 19.8 Å². The van der Waals surface area contributed by atoms with Crippen LogP contribution < -0.4 is 0 Å². The normalized spacial score (nSPS) is 17.3. The van der Waals surface area contributed by atoms with Gasteiger partial charge >= 0.3 is 65.4 Å². The average molecular weight is 658 g/mol. The van der Waals surface area contributed by atoms with Crippen LogP contribution in [0.3, 0.4) is 0 Å². The van der Waals surface area contributed by atoms with Crippen molar-refractivity contribution in [3.05, 3.63) is 0 Å². The zero-order valence-corrected chi connectivity index (χ0v) is 18.3. The number of rotatable bonds is 13. The molecule has 0 aromatic heterocycles. The number of unbranched alkanes of at least 4 members (excludes halogenated alkanes) is 1. The van der Waals surface area contributed by atoms with Crippen molar-refractivity contribution in [1.29, 1.82) is 0 Å². The molecule has 242 valence electrons. The highest BCUT2D eigenvalue weighted by atomic mass is 19.4. The van der Waals surface area contributed by atoms with Gasteiger partial charge in [-0.25, -0.2) is 4.39 Å². The highest BCUT2D eigenvalue weighted by molar-refractivity contribution is 5.19. The zero-order chi connectivity index (χ0) is 33.2. The molecule has 24 heteroatoms. The molecule has 1 atom stereocenters. The summed E-state index contributed by atoms with van der Waals surface area (Å²) in [6.07, 6.45) is -16.2. The summed E-state index contributed by atoms with van der Waals surface area (Å²) in [5, 5.41) is 0. The lowest BCUT2D eigenvalue weighted by molar-refractivity contribution is -0.479. The minimum absolute atomic E-state index is 0.430. The standard InChI is InChI=1S/C16H10F24/c1-2-3-4-5(17)6(18,19)7(20,21)8(22,23)9(24,25)10(26,27)11(28,29)12(30,31)13(32,33)14(34,35)15(36,37)16(38,39)40/h5H,2-4H2,1H3. The average Bonchev–Trinajstić information content (AvgIpc) is 2.75. The first kappa shape index (κ1) is 38.3. The Balaban J connectivity index is 7.16. The summed E-state index contributed by atoms with van der Waals surface area (Å²) in [4.78, 5) is 0. The number of hydrogen-bond acceptors (Lipinski definition) is 0. The maximum atomic E-state index is 13.6. The number of hydrogen-bond donors (Lipinski definition) is 0. The summed E-state index contributed by atoms with van der Waals surface area (Å²) in [5.41, 5.74) is 0. The molecule has 0 N–H and O–H groups in total. The predicted molar refractivity (Wildman–Crippen MR) is 79.9 cm³/mol. The lowest BCUT2D eigenvalue weighted by Crippen LogP contribution is -2.78. The van der Waals surface area contributed by atoms with Crippen molar-refractivity contribution in [2.24, 2.45) is 0 Å². The highest BCUT2D eigenvalue weighted by Gasteiger charge is 2.99. The van der Waals surface area contributed by atoms with Crippen LogP contribution in [0.15, 0.2) is 0 Å². The van der Waals surface area contributed by atoms with Gasteiger partial charge in [0, 0.05) is 0 Å². The van der Waals surface area contributed by atoms with E-state index in [1.54, 1.807) is 0 Å². The Kier molecular flexibility index (Phi) is 9.54. The molecule has 0 nitrogen and oxygen atoms in total. The Hall–Kier alpha value is -1.68. The van der Waals surface area contributed by atoms with E-state index in [0.717, 1.165) is 6.92 Å². The van der Waals surface area contributed by atoms with E-state index in [9.17, 15) is 105 Å². The quantitative estimate of drug-likeness (QED) is 0.173. The van der Waals surface area contributed by atoms with Gasteiger partial charge in [0.2, 0.25) is 0 Å². The van der Waals surface area contributed by atoms with Crippen LogP contribution in [0.2, 0.25) is 0 Å². The third kappa shape index (κ3) is 4.69. The fourth-order valence-electron chi connectivity index (χ4n) is 2.53. The van der Waals surface area contributed by atoms with E-state index in [4.69, 9.17) is 0 Å². The largest absolute Gasteiger partial charge is 0.460 e. The molecule has 0 fully saturated rings. The van der Waals surface area contributed by atoms with Crippen molar-refractivity contribution in [2.45, 2.75) is 97.8 Å². The third-order valence-electron chi connectivity index (χ3n) is 5.13. The van der Waals surface area contributed by atoms with Crippen LogP contribution >= 0.6 is 0 Å². The summed E-state index contributed by atoms with van der Waals surface area (Å²) < 4.78 is 318. The van der Waals surface area contributed by atoms with Crippen LogP contribution in [0, 0.1) is 0 Å². The summed E-state index contributed by atoms with van der Waals surface area (Å²) in [5.74, 6) is -88.8. The Morgan fingerprint density at radius 2 is 0.600 bits per heavy atom. The van der Waals surface area contributed by atoms with Gasteiger partial charge in [-0.2, -0.15) is 101 Å². The summed E-state index contributed by atoms with van der Waals surface area (Å²) in [6.45, 7) is 0.985. The van der Waals surface area contributed by atoms with Gasteiger partial charge in [-0.05, 0) is 6.42 Å². The first-order valence-corrected chi connectivity index (χ1v) is 9.47. The maximum absolute atomic E-state index is 13.6. The Bertz CT molecular complexity index is 878.